The lowest BCUT2D eigenvalue weighted by Gasteiger charge is -2.41. The molecule has 1 aromatic heterocycles. The van der Waals surface area contributed by atoms with Crippen LogP contribution in [0, 0.1) is 0 Å². The number of ether oxygens (including phenoxy) is 1. The second-order valence-corrected chi connectivity index (χ2v) is 10.1. The molecule has 2 saturated heterocycles. The summed E-state index contributed by atoms with van der Waals surface area (Å²) in [5.74, 6) is 0.802. The molecule has 0 N–H and O–H groups in total. The number of rotatable bonds is 5. The highest BCUT2D eigenvalue weighted by Crippen LogP contribution is 2.36. The summed E-state index contributed by atoms with van der Waals surface area (Å²) in [4.78, 5) is 5.66. The molecule has 6 nitrogen and oxygen atoms in total. The average Bonchev–Trinajstić information content (AvgIpc) is 2.80. The first-order chi connectivity index (χ1) is 15.2. The van der Waals surface area contributed by atoms with Crippen LogP contribution in [0.4, 0.5) is 13.2 Å². The van der Waals surface area contributed by atoms with Crippen molar-refractivity contribution < 1.29 is 26.3 Å². The lowest BCUT2D eigenvalue weighted by atomic mass is 10.00. The second kappa shape index (κ2) is 9.36. The molecular weight excluding hydrogens is 443 g/mol. The van der Waals surface area contributed by atoms with Gasteiger partial charge in [0.05, 0.1) is 10.5 Å². The molecule has 3 heterocycles. The van der Waals surface area contributed by atoms with Crippen molar-refractivity contribution >= 4 is 10.0 Å². The third kappa shape index (κ3) is 5.07. The monoisotopic (exact) mass is 469 g/mol. The predicted molar refractivity (Wildman–Crippen MR) is 113 cm³/mol. The van der Waals surface area contributed by atoms with Gasteiger partial charge in [-0.2, -0.15) is 17.5 Å². The Balaban J connectivity index is 1.33. The smallest absolute Gasteiger partial charge is 0.417 e. The zero-order valence-corrected chi connectivity index (χ0v) is 18.4. The van der Waals surface area contributed by atoms with Crippen LogP contribution in [-0.2, 0) is 16.2 Å². The van der Waals surface area contributed by atoms with E-state index in [2.05, 4.69) is 9.88 Å². The second-order valence-electron chi connectivity index (χ2n) is 8.17. The normalized spacial score (nSPS) is 20.3. The molecule has 0 bridgehead atoms. The minimum Gasteiger partial charge on any atom is -0.490 e. The molecule has 0 saturated carbocycles. The largest absolute Gasteiger partial charge is 0.490 e. The summed E-state index contributed by atoms with van der Waals surface area (Å²) in [6, 6.07) is 8.28. The van der Waals surface area contributed by atoms with Crippen LogP contribution in [-0.4, -0.2) is 60.9 Å². The summed E-state index contributed by atoms with van der Waals surface area (Å²) >= 11 is 0. The predicted octanol–water partition coefficient (Wildman–Crippen LogP) is 3.80. The van der Waals surface area contributed by atoms with Crippen molar-refractivity contribution in [3.05, 3.63) is 54.4 Å². The van der Waals surface area contributed by atoms with Gasteiger partial charge in [-0.1, -0.05) is 12.1 Å². The summed E-state index contributed by atoms with van der Waals surface area (Å²) in [6.45, 7) is 2.13. The minimum absolute atomic E-state index is 0.132. The fraction of sp³-hybridized carbons (Fsp3) is 0.500. The highest BCUT2D eigenvalue weighted by Gasteiger charge is 2.40. The van der Waals surface area contributed by atoms with E-state index in [1.807, 2.05) is 12.1 Å². The molecule has 0 atom stereocenters. The van der Waals surface area contributed by atoms with Gasteiger partial charge in [0, 0.05) is 44.6 Å². The van der Waals surface area contributed by atoms with E-state index in [1.54, 1.807) is 12.4 Å². The van der Waals surface area contributed by atoms with Crippen LogP contribution in [0.3, 0.4) is 0 Å². The van der Waals surface area contributed by atoms with Crippen molar-refractivity contribution in [1.29, 1.82) is 0 Å². The topological polar surface area (TPSA) is 62.7 Å². The summed E-state index contributed by atoms with van der Waals surface area (Å²) in [5.41, 5.74) is -1.11. The molecular formula is C22H26F3N3O3S. The molecule has 1 aromatic carbocycles. The SMILES string of the molecule is O=S(=O)(c1ccccc1C(F)(F)F)N1CCC(N2CCC(Oc3ccncc3)CC2)CC1. The number of piperidine rings is 2. The van der Waals surface area contributed by atoms with Gasteiger partial charge in [-0.3, -0.25) is 4.98 Å². The van der Waals surface area contributed by atoms with Crippen LogP contribution in [0.5, 0.6) is 5.75 Å². The fourth-order valence-electron chi connectivity index (χ4n) is 4.48. The minimum atomic E-state index is -4.72. The lowest BCUT2D eigenvalue weighted by Crippen LogP contribution is -2.50. The number of likely N-dealkylation sites (tertiary alicyclic amines) is 1. The number of alkyl halides is 3. The van der Waals surface area contributed by atoms with Gasteiger partial charge in [-0.25, -0.2) is 8.42 Å². The summed E-state index contributed by atoms with van der Waals surface area (Å²) in [6.07, 6.45) is 1.75. The number of aromatic nitrogens is 1. The maximum Gasteiger partial charge on any atom is 0.417 e. The summed E-state index contributed by atoms with van der Waals surface area (Å²) in [5, 5.41) is 0. The molecule has 32 heavy (non-hydrogen) atoms. The van der Waals surface area contributed by atoms with Crippen LogP contribution in [0.15, 0.2) is 53.7 Å². The standard InChI is InChI=1S/C22H26F3N3O3S/c23-22(24,25)20-3-1-2-4-21(20)32(29,30)28-15-7-17(8-16-28)27-13-9-19(10-14-27)31-18-5-11-26-12-6-18/h1-6,11-12,17,19H,7-10,13-16H2. The van der Waals surface area contributed by atoms with E-state index < -0.39 is 26.7 Å². The van der Waals surface area contributed by atoms with Gasteiger partial charge in [-0.05, 0) is 49.9 Å². The Morgan fingerprint density at radius 2 is 1.53 bits per heavy atom. The van der Waals surface area contributed by atoms with E-state index in [0.717, 1.165) is 43.8 Å². The first-order valence-corrected chi connectivity index (χ1v) is 12.2. The Morgan fingerprint density at radius 3 is 2.16 bits per heavy atom. The van der Waals surface area contributed by atoms with Gasteiger partial charge in [0.15, 0.2) is 0 Å². The van der Waals surface area contributed by atoms with Crippen molar-refractivity contribution in [3.8, 4) is 5.75 Å². The first-order valence-electron chi connectivity index (χ1n) is 10.7. The van der Waals surface area contributed by atoms with Crippen LogP contribution in [0.25, 0.3) is 0 Å². The van der Waals surface area contributed by atoms with E-state index in [1.165, 1.54) is 16.4 Å². The third-order valence-electron chi connectivity index (χ3n) is 6.18. The zero-order valence-electron chi connectivity index (χ0n) is 17.5. The van der Waals surface area contributed by atoms with Crippen LogP contribution >= 0.6 is 0 Å². The van der Waals surface area contributed by atoms with E-state index in [4.69, 9.17) is 4.74 Å². The lowest BCUT2D eigenvalue weighted by molar-refractivity contribution is -0.139. The molecule has 174 valence electrons. The quantitative estimate of drug-likeness (QED) is 0.667. The van der Waals surface area contributed by atoms with E-state index in [0.29, 0.717) is 12.8 Å². The molecule has 2 aliphatic heterocycles. The number of hydrogen-bond donors (Lipinski definition) is 0. The van der Waals surface area contributed by atoms with E-state index >= 15 is 0 Å². The van der Waals surface area contributed by atoms with Crippen molar-refractivity contribution in [1.82, 2.24) is 14.2 Å². The van der Waals surface area contributed by atoms with Crippen molar-refractivity contribution in [2.24, 2.45) is 0 Å². The van der Waals surface area contributed by atoms with Gasteiger partial charge >= 0.3 is 6.18 Å². The summed E-state index contributed by atoms with van der Waals surface area (Å²) < 4.78 is 73.0. The highest BCUT2D eigenvalue weighted by molar-refractivity contribution is 7.89. The average molecular weight is 470 g/mol. The number of pyridine rings is 1. The van der Waals surface area contributed by atoms with Gasteiger partial charge in [-0.15, -0.1) is 0 Å². The third-order valence-corrected chi connectivity index (χ3v) is 8.14. The maximum absolute atomic E-state index is 13.3. The number of halogens is 3. The molecule has 0 spiro atoms. The van der Waals surface area contributed by atoms with Gasteiger partial charge in [0.1, 0.15) is 11.9 Å². The van der Waals surface area contributed by atoms with Gasteiger partial charge in [0.25, 0.3) is 0 Å². The molecule has 0 unspecified atom stereocenters. The molecule has 0 aliphatic carbocycles. The van der Waals surface area contributed by atoms with E-state index in [9.17, 15) is 21.6 Å². The zero-order chi connectivity index (χ0) is 22.8. The first kappa shape index (κ1) is 23.0. The van der Waals surface area contributed by atoms with Crippen molar-refractivity contribution in [3.63, 3.8) is 0 Å². The van der Waals surface area contributed by atoms with Crippen LogP contribution in [0.2, 0.25) is 0 Å². The molecule has 2 aromatic rings. The fourth-order valence-corrected chi connectivity index (χ4v) is 6.16. The highest BCUT2D eigenvalue weighted by atomic mass is 32.2. The molecule has 4 rings (SSSR count). The Hall–Kier alpha value is -2.17. The Morgan fingerprint density at radius 1 is 0.906 bits per heavy atom. The Labute approximate surface area is 186 Å². The van der Waals surface area contributed by atoms with Crippen LogP contribution in [0.1, 0.15) is 31.2 Å². The maximum atomic E-state index is 13.3. The molecule has 10 heteroatoms. The Kier molecular flexibility index (Phi) is 6.73. The molecule has 2 fully saturated rings. The number of sulfonamides is 1. The summed E-state index contributed by atoms with van der Waals surface area (Å²) in [7, 11) is -4.20. The van der Waals surface area contributed by atoms with Crippen molar-refractivity contribution in [2.75, 3.05) is 26.2 Å². The van der Waals surface area contributed by atoms with E-state index in [-0.39, 0.29) is 25.2 Å². The van der Waals surface area contributed by atoms with Gasteiger partial charge in [0.2, 0.25) is 10.0 Å². The number of benzene rings is 1. The molecule has 0 amide bonds. The molecule has 0 radical (unpaired) electrons. The molecule has 2 aliphatic rings. The number of hydrogen-bond acceptors (Lipinski definition) is 5. The van der Waals surface area contributed by atoms with Gasteiger partial charge < -0.3 is 9.64 Å². The van der Waals surface area contributed by atoms with Crippen molar-refractivity contribution in [2.45, 2.75) is 48.9 Å². The Bertz CT molecular complexity index is 1000. The van der Waals surface area contributed by atoms with Crippen LogP contribution < -0.4 is 4.74 Å². The number of nitrogens with zero attached hydrogens (tertiary/aromatic N) is 3.